The van der Waals surface area contributed by atoms with Gasteiger partial charge in [0.2, 0.25) is 0 Å². The van der Waals surface area contributed by atoms with Gasteiger partial charge in [0, 0.05) is 0 Å². The van der Waals surface area contributed by atoms with Crippen molar-refractivity contribution in [2.45, 2.75) is 32.7 Å². The molecule has 0 saturated heterocycles. The summed E-state index contributed by atoms with van der Waals surface area (Å²) < 4.78 is 5.37. The Balaban J connectivity index is 2.60. The Morgan fingerprint density at radius 1 is 1.55 bits per heavy atom. The average molecular weight is 153 g/mol. The molecule has 0 fully saturated rings. The molecule has 2 N–H and O–H groups in total. The van der Waals surface area contributed by atoms with Crippen LogP contribution in [0.4, 0.5) is 0 Å². The number of nitrogens with two attached hydrogens (primary N) is 1. The number of rotatable bonds is 3. The van der Waals surface area contributed by atoms with Crippen LogP contribution >= 0.6 is 0 Å². The Hall–Kier alpha value is -0.760. The highest BCUT2D eigenvalue weighted by molar-refractivity contribution is 5.08. The lowest BCUT2D eigenvalue weighted by molar-refractivity contribution is 0.433. The quantitative estimate of drug-likeness (QED) is 0.724. The minimum absolute atomic E-state index is 0.0775. The fourth-order valence-corrected chi connectivity index (χ4v) is 1.11. The second kappa shape index (κ2) is 3.58. The molecule has 1 aromatic rings. The monoisotopic (exact) mass is 153 g/mol. The molecular formula is C9H15NO. The van der Waals surface area contributed by atoms with E-state index in [9.17, 15) is 0 Å². The van der Waals surface area contributed by atoms with Gasteiger partial charge in [-0.2, -0.15) is 0 Å². The Labute approximate surface area is 67.4 Å². The molecule has 0 saturated carbocycles. The van der Waals surface area contributed by atoms with E-state index in [4.69, 9.17) is 10.2 Å². The van der Waals surface area contributed by atoms with Gasteiger partial charge in [-0.15, -0.1) is 0 Å². The molecule has 0 bridgehead atoms. The van der Waals surface area contributed by atoms with E-state index < -0.39 is 0 Å². The maximum Gasteiger partial charge on any atom is 0.120 e. The molecular weight excluding hydrogens is 138 g/mol. The summed E-state index contributed by atoms with van der Waals surface area (Å²) in [7, 11) is 0. The van der Waals surface area contributed by atoms with Gasteiger partial charge in [0.15, 0.2) is 0 Å². The van der Waals surface area contributed by atoms with Crippen molar-refractivity contribution in [3.8, 4) is 0 Å². The SMILES string of the molecule is CCC[C@H](N)c1ccc(C)o1. The summed E-state index contributed by atoms with van der Waals surface area (Å²) in [6.45, 7) is 4.05. The summed E-state index contributed by atoms with van der Waals surface area (Å²) in [5.41, 5.74) is 5.83. The van der Waals surface area contributed by atoms with Crippen molar-refractivity contribution in [3.63, 3.8) is 0 Å². The molecule has 1 rings (SSSR count). The van der Waals surface area contributed by atoms with Crippen LogP contribution in [0.3, 0.4) is 0 Å². The first-order chi connectivity index (χ1) is 5.24. The molecule has 0 radical (unpaired) electrons. The molecule has 62 valence electrons. The minimum atomic E-state index is 0.0775. The molecule has 0 spiro atoms. The van der Waals surface area contributed by atoms with E-state index in [0.717, 1.165) is 24.4 Å². The van der Waals surface area contributed by atoms with Crippen molar-refractivity contribution in [2.75, 3.05) is 0 Å². The van der Waals surface area contributed by atoms with Crippen molar-refractivity contribution in [1.29, 1.82) is 0 Å². The van der Waals surface area contributed by atoms with E-state index in [0.29, 0.717) is 0 Å². The predicted molar refractivity (Wildman–Crippen MR) is 45.3 cm³/mol. The molecule has 0 aliphatic carbocycles. The maximum absolute atomic E-state index is 5.83. The molecule has 1 aromatic heterocycles. The zero-order chi connectivity index (χ0) is 8.27. The zero-order valence-corrected chi connectivity index (χ0v) is 7.13. The normalized spacial score (nSPS) is 13.4. The van der Waals surface area contributed by atoms with E-state index in [1.807, 2.05) is 19.1 Å². The molecule has 0 aliphatic rings. The molecule has 1 atom stereocenters. The van der Waals surface area contributed by atoms with Crippen LogP contribution in [0.2, 0.25) is 0 Å². The summed E-state index contributed by atoms with van der Waals surface area (Å²) in [6.07, 6.45) is 2.09. The van der Waals surface area contributed by atoms with E-state index >= 15 is 0 Å². The fraction of sp³-hybridized carbons (Fsp3) is 0.556. The predicted octanol–water partition coefficient (Wildman–Crippen LogP) is 2.39. The van der Waals surface area contributed by atoms with Gasteiger partial charge in [-0.1, -0.05) is 13.3 Å². The third kappa shape index (κ3) is 2.09. The number of aryl methyl sites for hydroxylation is 1. The molecule has 0 unspecified atom stereocenters. The first kappa shape index (κ1) is 8.34. The Bertz CT molecular complexity index is 217. The van der Waals surface area contributed by atoms with Gasteiger partial charge in [-0.3, -0.25) is 0 Å². The summed E-state index contributed by atoms with van der Waals surface area (Å²) >= 11 is 0. The van der Waals surface area contributed by atoms with Crippen LogP contribution < -0.4 is 5.73 Å². The molecule has 0 aliphatic heterocycles. The molecule has 0 amide bonds. The lowest BCUT2D eigenvalue weighted by atomic mass is 10.1. The Kier molecular flexibility index (Phi) is 2.71. The molecule has 2 heteroatoms. The third-order valence-electron chi connectivity index (χ3n) is 1.73. The summed E-state index contributed by atoms with van der Waals surface area (Å²) in [5.74, 6) is 1.84. The number of hydrogen-bond acceptors (Lipinski definition) is 2. The highest BCUT2D eigenvalue weighted by Crippen LogP contribution is 2.17. The van der Waals surface area contributed by atoms with E-state index in [1.54, 1.807) is 0 Å². The maximum atomic E-state index is 5.83. The van der Waals surface area contributed by atoms with Gasteiger partial charge < -0.3 is 10.2 Å². The Morgan fingerprint density at radius 2 is 2.27 bits per heavy atom. The summed E-state index contributed by atoms with van der Waals surface area (Å²) in [5, 5.41) is 0. The van der Waals surface area contributed by atoms with Crippen LogP contribution in [0, 0.1) is 6.92 Å². The van der Waals surface area contributed by atoms with Crippen LogP contribution in [-0.2, 0) is 0 Å². The van der Waals surface area contributed by atoms with E-state index in [2.05, 4.69) is 6.92 Å². The smallest absolute Gasteiger partial charge is 0.120 e. The van der Waals surface area contributed by atoms with Crippen molar-refractivity contribution in [1.82, 2.24) is 0 Å². The van der Waals surface area contributed by atoms with Crippen LogP contribution in [0.25, 0.3) is 0 Å². The van der Waals surface area contributed by atoms with Crippen molar-refractivity contribution in [3.05, 3.63) is 23.7 Å². The van der Waals surface area contributed by atoms with E-state index in [1.165, 1.54) is 0 Å². The second-order valence-corrected chi connectivity index (χ2v) is 2.84. The lowest BCUT2D eigenvalue weighted by Gasteiger charge is -2.05. The van der Waals surface area contributed by atoms with Crippen LogP contribution in [-0.4, -0.2) is 0 Å². The first-order valence-corrected chi connectivity index (χ1v) is 4.06. The van der Waals surface area contributed by atoms with Crippen molar-refractivity contribution < 1.29 is 4.42 Å². The molecule has 11 heavy (non-hydrogen) atoms. The van der Waals surface area contributed by atoms with Crippen LogP contribution in [0.1, 0.15) is 37.3 Å². The highest BCUT2D eigenvalue weighted by atomic mass is 16.3. The minimum Gasteiger partial charge on any atom is -0.465 e. The van der Waals surface area contributed by atoms with E-state index in [-0.39, 0.29) is 6.04 Å². The number of hydrogen-bond donors (Lipinski definition) is 1. The zero-order valence-electron chi connectivity index (χ0n) is 7.13. The summed E-state index contributed by atoms with van der Waals surface area (Å²) in [4.78, 5) is 0. The first-order valence-electron chi connectivity index (χ1n) is 4.06. The third-order valence-corrected chi connectivity index (χ3v) is 1.73. The fourth-order valence-electron chi connectivity index (χ4n) is 1.11. The lowest BCUT2D eigenvalue weighted by Crippen LogP contribution is -2.08. The summed E-state index contributed by atoms with van der Waals surface area (Å²) in [6, 6.07) is 3.98. The highest BCUT2D eigenvalue weighted by Gasteiger charge is 2.07. The molecule has 2 nitrogen and oxygen atoms in total. The topological polar surface area (TPSA) is 39.2 Å². The van der Waals surface area contributed by atoms with Gasteiger partial charge >= 0.3 is 0 Å². The number of furan rings is 1. The average Bonchev–Trinajstić information content (AvgIpc) is 2.36. The second-order valence-electron chi connectivity index (χ2n) is 2.84. The van der Waals surface area contributed by atoms with Gasteiger partial charge in [0.25, 0.3) is 0 Å². The standard InChI is InChI=1S/C9H15NO/c1-3-4-8(10)9-6-5-7(2)11-9/h5-6,8H,3-4,10H2,1-2H3/t8-/m0/s1. The van der Waals surface area contributed by atoms with Gasteiger partial charge in [0.05, 0.1) is 6.04 Å². The molecule has 0 aromatic carbocycles. The largest absolute Gasteiger partial charge is 0.465 e. The van der Waals surface area contributed by atoms with Gasteiger partial charge in [0.1, 0.15) is 11.5 Å². The Morgan fingerprint density at radius 3 is 2.73 bits per heavy atom. The van der Waals surface area contributed by atoms with Crippen LogP contribution in [0.5, 0.6) is 0 Å². The van der Waals surface area contributed by atoms with Gasteiger partial charge in [-0.25, -0.2) is 0 Å². The van der Waals surface area contributed by atoms with Crippen LogP contribution in [0.15, 0.2) is 16.5 Å². The van der Waals surface area contributed by atoms with Gasteiger partial charge in [-0.05, 0) is 25.5 Å². The molecule has 1 heterocycles. The van der Waals surface area contributed by atoms with Crippen molar-refractivity contribution in [2.24, 2.45) is 5.73 Å². The van der Waals surface area contributed by atoms with Crippen molar-refractivity contribution >= 4 is 0 Å².